The van der Waals surface area contributed by atoms with E-state index >= 15 is 0 Å². The molecule has 0 aliphatic heterocycles. The summed E-state index contributed by atoms with van der Waals surface area (Å²) in [5, 5.41) is 1.25. The summed E-state index contributed by atoms with van der Waals surface area (Å²) in [6, 6.07) is 23.5. The van der Waals surface area contributed by atoms with Crippen LogP contribution in [0.15, 0.2) is 66.7 Å². The SMILES string of the molecule is Cc1cccc(-c2nc3ccc(-c4ccc5cc(C)[nH]c5c4)cc3[nH]2)c1. The summed E-state index contributed by atoms with van der Waals surface area (Å²) in [4.78, 5) is 11.6. The lowest BCUT2D eigenvalue weighted by molar-refractivity contribution is 1.30. The Balaban J connectivity index is 1.60. The lowest BCUT2D eigenvalue weighted by Gasteiger charge is -2.02. The molecule has 3 heteroatoms. The van der Waals surface area contributed by atoms with Crippen molar-refractivity contribution >= 4 is 21.9 Å². The molecule has 0 fully saturated rings. The quantitative estimate of drug-likeness (QED) is 0.408. The Bertz CT molecular complexity index is 1260. The van der Waals surface area contributed by atoms with Gasteiger partial charge < -0.3 is 9.97 Å². The van der Waals surface area contributed by atoms with Crippen LogP contribution >= 0.6 is 0 Å². The van der Waals surface area contributed by atoms with Gasteiger partial charge in [0.05, 0.1) is 11.0 Å². The van der Waals surface area contributed by atoms with Crippen LogP contribution in [-0.4, -0.2) is 15.0 Å². The predicted octanol–water partition coefficient (Wildman–Crippen LogP) is 6.00. The van der Waals surface area contributed by atoms with Crippen LogP contribution in [0, 0.1) is 13.8 Å². The number of aryl methyl sites for hydroxylation is 2. The molecule has 0 radical (unpaired) electrons. The first kappa shape index (κ1) is 15.0. The molecule has 0 amide bonds. The number of H-pyrrole nitrogens is 2. The topological polar surface area (TPSA) is 44.5 Å². The van der Waals surface area contributed by atoms with Crippen LogP contribution in [0.1, 0.15) is 11.3 Å². The maximum atomic E-state index is 4.75. The average molecular weight is 337 g/mol. The molecular weight excluding hydrogens is 318 g/mol. The molecule has 0 bridgehead atoms. The van der Waals surface area contributed by atoms with Gasteiger partial charge in [-0.25, -0.2) is 4.98 Å². The Morgan fingerprint density at radius 3 is 2.35 bits per heavy atom. The molecule has 0 unspecified atom stereocenters. The largest absolute Gasteiger partial charge is 0.359 e. The van der Waals surface area contributed by atoms with Crippen LogP contribution in [0.3, 0.4) is 0 Å². The molecule has 0 spiro atoms. The van der Waals surface area contributed by atoms with Crippen molar-refractivity contribution < 1.29 is 0 Å². The van der Waals surface area contributed by atoms with E-state index in [4.69, 9.17) is 4.98 Å². The molecule has 126 valence electrons. The van der Waals surface area contributed by atoms with Crippen LogP contribution in [0.25, 0.3) is 44.5 Å². The van der Waals surface area contributed by atoms with Crippen molar-refractivity contribution in [3.8, 4) is 22.5 Å². The minimum atomic E-state index is 0.913. The summed E-state index contributed by atoms with van der Waals surface area (Å²) in [6.07, 6.45) is 0. The molecule has 3 nitrogen and oxygen atoms in total. The molecule has 0 saturated heterocycles. The van der Waals surface area contributed by atoms with Crippen molar-refractivity contribution in [3.05, 3.63) is 78.0 Å². The Kier molecular flexibility index (Phi) is 3.22. The van der Waals surface area contributed by atoms with Crippen molar-refractivity contribution in [2.75, 3.05) is 0 Å². The summed E-state index contributed by atoms with van der Waals surface area (Å²) < 4.78 is 0. The van der Waals surface area contributed by atoms with E-state index in [9.17, 15) is 0 Å². The fourth-order valence-corrected chi connectivity index (χ4v) is 3.57. The minimum absolute atomic E-state index is 0.913. The third kappa shape index (κ3) is 2.49. The third-order valence-corrected chi connectivity index (χ3v) is 4.86. The normalized spacial score (nSPS) is 11.5. The van der Waals surface area contributed by atoms with Crippen molar-refractivity contribution in [1.29, 1.82) is 0 Å². The number of rotatable bonds is 2. The Hall–Kier alpha value is -3.33. The van der Waals surface area contributed by atoms with Crippen molar-refractivity contribution in [2.45, 2.75) is 13.8 Å². The summed E-state index contributed by atoms with van der Waals surface area (Å²) in [6.45, 7) is 4.19. The standard InChI is InChI=1S/C23H19N3/c1-14-4-3-5-19(10-14)23-25-20-9-8-17(13-22(20)26-23)16-6-7-18-11-15(2)24-21(18)12-16/h3-13,24H,1-2H3,(H,25,26). The summed E-state index contributed by atoms with van der Waals surface area (Å²) >= 11 is 0. The maximum Gasteiger partial charge on any atom is 0.138 e. The molecule has 26 heavy (non-hydrogen) atoms. The van der Waals surface area contributed by atoms with Gasteiger partial charge in [0, 0.05) is 16.8 Å². The van der Waals surface area contributed by atoms with Crippen molar-refractivity contribution in [1.82, 2.24) is 15.0 Å². The van der Waals surface area contributed by atoms with E-state index in [2.05, 4.69) is 90.5 Å². The first-order valence-corrected chi connectivity index (χ1v) is 8.82. The number of nitrogens with zero attached hydrogens (tertiary/aromatic N) is 1. The van der Waals surface area contributed by atoms with E-state index in [1.54, 1.807) is 0 Å². The molecule has 5 rings (SSSR count). The fraction of sp³-hybridized carbons (Fsp3) is 0.0870. The van der Waals surface area contributed by atoms with Gasteiger partial charge in [0.15, 0.2) is 0 Å². The van der Waals surface area contributed by atoms with Gasteiger partial charge in [0.25, 0.3) is 0 Å². The number of nitrogens with one attached hydrogen (secondary N) is 2. The molecule has 2 N–H and O–H groups in total. The first-order valence-electron chi connectivity index (χ1n) is 8.82. The van der Waals surface area contributed by atoms with Crippen molar-refractivity contribution in [2.24, 2.45) is 0 Å². The number of aromatic amines is 2. The summed E-state index contributed by atoms with van der Waals surface area (Å²) in [7, 11) is 0. The van der Waals surface area contributed by atoms with Crippen LogP contribution in [0.4, 0.5) is 0 Å². The molecule has 2 aromatic heterocycles. The molecule has 0 atom stereocenters. The van der Waals surface area contributed by atoms with E-state index in [0.29, 0.717) is 0 Å². The Morgan fingerprint density at radius 1 is 0.692 bits per heavy atom. The van der Waals surface area contributed by atoms with Gasteiger partial charge >= 0.3 is 0 Å². The zero-order valence-corrected chi connectivity index (χ0v) is 14.8. The number of benzene rings is 3. The molecule has 2 heterocycles. The van der Waals surface area contributed by atoms with Gasteiger partial charge in [-0.15, -0.1) is 0 Å². The number of hydrogen-bond donors (Lipinski definition) is 2. The fourth-order valence-electron chi connectivity index (χ4n) is 3.57. The molecular formula is C23H19N3. The highest BCUT2D eigenvalue weighted by molar-refractivity contribution is 5.89. The summed E-state index contributed by atoms with van der Waals surface area (Å²) in [5.41, 5.74) is 9.14. The van der Waals surface area contributed by atoms with E-state index < -0.39 is 0 Å². The Labute approximate surface area is 151 Å². The van der Waals surface area contributed by atoms with Crippen molar-refractivity contribution in [3.63, 3.8) is 0 Å². The highest BCUT2D eigenvalue weighted by Gasteiger charge is 2.08. The van der Waals surface area contributed by atoms with Gasteiger partial charge in [0.2, 0.25) is 0 Å². The lowest BCUT2D eigenvalue weighted by atomic mass is 10.0. The first-order chi connectivity index (χ1) is 12.7. The summed E-state index contributed by atoms with van der Waals surface area (Å²) in [5.74, 6) is 0.913. The van der Waals surface area contributed by atoms with Gasteiger partial charge in [-0.2, -0.15) is 0 Å². The predicted molar refractivity (Wildman–Crippen MR) is 108 cm³/mol. The van der Waals surface area contributed by atoms with Crippen LogP contribution in [-0.2, 0) is 0 Å². The van der Waals surface area contributed by atoms with Crippen LogP contribution < -0.4 is 0 Å². The molecule has 0 aliphatic carbocycles. The Morgan fingerprint density at radius 2 is 1.50 bits per heavy atom. The zero-order valence-electron chi connectivity index (χ0n) is 14.8. The van der Waals surface area contributed by atoms with E-state index in [1.165, 1.54) is 33.3 Å². The number of aromatic nitrogens is 3. The zero-order chi connectivity index (χ0) is 17.7. The van der Waals surface area contributed by atoms with Gasteiger partial charge in [0.1, 0.15) is 5.82 Å². The second-order valence-electron chi connectivity index (χ2n) is 6.94. The molecule has 0 saturated carbocycles. The van der Waals surface area contributed by atoms with E-state index in [1.807, 2.05) is 0 Å². The number of hydrogen-bond acceptors (Lipinski definition) is 1. The van der Waals surface area contributed by atoms with E-state index in [-0.39, 0.29) is 0 Å². The molecule has 0 aliphatic rings. The maximum absolute atomic E-state index is 4.75. The van der Waals surface area contributed by atoms with Crippen LogP contribution in [0.5, 0.6) is 0 Å². The number of fused-ring (bicyclic) bond motifs is 2. The monoisotopic (exact) mass is 337 g/mol. The second-order valence-corrected chi connectivity index (χ2v) is 6.94. The lowest BCUT2D eigenvalue weighted by Crippen LogP contribution is -1.81. The molecule has 5 aromatic rings. The second kappa shape index (κ2) is 5.60. The molecule has 3 aromatic carbocycles. The van der Waals surface area contributed by atoms with Gasteiger partial charge in [-0.3, -0.25) is 0 Å². The minimum Gasteiger partial charge on any atom is -0.359 e. The third-order valence-electron chi connectivity index (χ3n) is 4.86. The van der Waals surface area contributed by atoms with E-state index in [0.717, 1.165) is 22.4 Å². The highest BCUT2D eigenvalue weighted by atomic mass is 14.9. The number of imidazole rings is 1. The smallest absolute Gasteiger partial charge is 0.138 e. The highest BCUT2D eigenvalue weighted by Crippen LogP contribution is 2.28. The van der Waals surface area contributed by atoms with Gasteiger partial charge in [-0.1, -0.05) is 42.0 Å². The average Bonchev–Trinajstić information content (AvgIpc) is 3.22. The van der Waals surface area contributed by atoms with Crippen LogP contribution in [0.2, 0.25) is 0 Å². The van der Waals surface area contributed by atoms with Gasteiger partial charge in [-0.05, 0) is 60.7 Å².